The molecule has 0 amide bonds. The van der Waals surface area contributed by atoms with Gasteiger partial charge >= 0.3 is 11.9 Å². The Hall–Kier alpha value is -2.87. The van der Waals surface area contributed by atoms with Gasteiger partial charge in [0.05, 0.1) is 18.3 Å². The van der Waals surface area contributed by atoms with Crippen molar-refractivity contribution >= 4 is 22.8 Å². The molecule has 0 saturated carbocycles. The zero-order chi connectivity index (χ0) is 18.3. The molecule has 24 heavy (non-hydrogen) atoms. The molecule has 8 heteroatoms. The minimum Gasteiger partial charge on any atom is -0.497 e. The van der Waals surface area contributed by atoms with Crippen molar-refractivity contribution < 1.29 is 24.5 Å². The van der Waals surface area contributed by atoms with Crippen molar-refractivity contribution in [1.29, 1.82) is 0 Å². The number of carboxylic acid groups (broad SMARTS) is 2. The highest BCUT2D eigenvalue weighted by Gasteiger charge is 2.10. The first-order valence-corrected chi connectivity index (χ1v) is 7.13. The van der Waals surface area contributed by atoms with Crippen molar-refractivity contribution in [3.05, 3.63) is 36.0 Å². The normalized spacial score (nSPS) is 11.8. The van der Waals surface area contributed by atoms with E-state index in [1.165, 1.54) is 0 Å². The smallest absolute Gasteiger partial charge is 0.328 e. The Morgan fingerprint density at radius 2 is 1.92 bits per heavy atom. The summed E-state index contributed by atoms with van der Waals surface area (Å²) >= 11 is 0. The van der Waals surface area contributed by atoms with E-state index in [1.807, 2.05) is 36.9 Å². The first kappa shape index (κ1) is 19.2. The number of ether oxygens (including phenoxy) is 1. The number of hydrogen-bond donors (Lipinski definition) is 3. The number of carbonyl (C=O) groups is 2. The highest BCUT2D eigenvalue weighted by molar-refractivity contribution is 5.89. The number of benzene rings is 1. The van der Waals surface area contributed by atoms with Gasteiger partial charge in [-0.3, -0.25) is 4.68 Å². The maximum Gasteiger partial charge on any atom is 0.328 e. The van der Waals surface area contributed by atoms with Gasteiger partial charge in [-0.05, 0) is 25.1 Å². The van der Waals surface area contributed by atoms with Crippen molar-refractivity contribution in [2.75, 3.05) is 7.11 Å². The zero-order valence-corrected chi connectivity index (χ0v) is 13.8. The third kappa shape index (κ3) is 5.73. The number of aryl methyl sites for hydroxylation is 1. The zero-order valence-electron chi connectivity index (χ0n) is 13.8. The molecule has 2 aromatic rings. The van der Waals surface area contributed by atoms with Crippen molar-refractivity contribution in [3.8, 4) is 5.75 Å². The van der Waals surface area contributed by atoms with Crippen LogP contribution in [0.25, 0.3) is 10.9 Å². The van der Waals surface area contributed by atoms with Gasteiger partial charge in [0.15, 0.2) is 0 Å². The van der Waals surface area contributed by atoms with Crippen LogP contribution in [0, 0.1) is 0 Å². The van der Waals surface area contributed by atoms with Gasteiger partial charge in [0.25, 0.3) is 0 Å². The predicted octanol–water partition coefficient (Wildman–Crippen LogP) is 1.18. The van der Waals surface area contributed by atoms with E-state index in [-0.39, 0.29) is 6.04 Å². The standard InChI is InChI=1S/C12H17N3O.C4H4O4/c1-8(13)6-11-10-7-9(16-3)4-5-12(10)15(2)14-11;5-3(6)1-2-4(7)8/h4-5,7-8H,6,13H2,1-3H3;1-2H,(H,5,6)(H,7,8). The lowest BCUT2D eigenvalue weighted by Crippen LogP contribution is -2.18. The molecule has 1 aromatic carbocycles. The summed E-state index contributed by atoms with van der Waals surface area (Å²) in [5.74, 6) is -1.66. The number of hydrogen-bond acceptors (Lipinski definition) is 5. The molecule has 0 radical (unpaired) electrons. The summed E-state index contributed by atoms with van der Waals surface area (Å²) in [6.45, 7) is 1.99. The Kier molecular flexibility index (Phi) is 6.94. The predicted molar refractivity (Wildman–Crippen MR) is 89.0 cm³/mol. The minimum absolute atomic E-state index is 0.115. The summed E-state index contributed by atoms with van der Waals surface area (Å²) < 4.78 is 7.10. The third-order valence-corrected chi connectivity index (χ3v) is 3.02. The number of aliphatic carboxylic acids is 2. The molecule has 4 N–H and O–H groups in total. The number of nitrogens with two attached hydrogens (primary N) is 1. The minimum atomic E-state index is -1.26. The van der Waals surface area contributed by atoms with Gasteiger partial charge in [-0.15, -0.1) is 0 Å². The molecule has 0 fully saturated rings. The van der Waals surface area contributed by atoms with Crippen LogP contribution < -0.4 is 10.5 Å². The van der Waals surface area contributed by atoms with E-state index in [9.17, 15) is 9.59 Å². The van der Waals surface area contributed by atoms with Gasteiger partial charge < -0.3 is 20.7 Å². The van der Waals surface area contributed by atoms with Crippen molar-refractivity contribution in [1.82, 2.24) is 9.78 Å². The van der Waals surface area contributed by atoms with Crippen LogP contribution in [0.2, 0.25) is 0 Å². The van der Waals surface area contributed by atoms with Crippen LogP contribution in [0.4, 0.5) is 0 Å². The average Bonchev–Trinajstić information content (AvgIpc) is 2.81. The van der Waals surface area contributed by atoms with Crippen molar-refractivity contribution in [3.63, 3.8) is 0 Å². The Labute approximate surface area is 139 Å². The molecular formula is C16H21N3O5. The first-order valence-electron chi connectivity index (χ1n) is 7.13. The van der Waals surface area contributed by atoms with E-state index in [0.29, 0.717) is 12.2 Å². The monoisotopic (exact) mass is 335 g/mol. The lowest BCUT2D eigenvalue weighted by Gasteiger charge is -2.02. The summed E-state index contributed by atoms with van der Waals surface area (Å²) in [7, 11) is 3.61. The molecular weight excluding hydrogens is 314 g/mol. The van der Waals surface area contributed by atoms with E-state index >= 15 is 0 Å². The molecule has 1 atom stereocenters. The molecule has 1 heterocycles. The van der Waals surface area contributed by atoms with E-state index in [4.69, 9.17) is 20.7 Å². The molecule has 1 aromatic heterocycles. The second kappa shape index (κ2) is 8.68. The maximum absolute atomic E-state index is 9.55. The van der Waals surface area contributed by atoms with Crippen molar-refractivity contribution in [2.45, 2.75) is 19.4 Å². The van der Waals surface area contributed by atoms with Crippen LogP contribution in [0.1, 0.15) is 12.6 Å². The van der Waals surface area contributed by atoms with Crippen LogP contribution in [0.3, 0.4) is 0 Å². The molecule has 2 rings (SSSR count). The molecule has 0 aliphatic heterocycles. The highest BCUT2D eigenvalue weighted by atomic mass is 16.5. The number of rotatable bonds is 5. The Bertz CT molecular complexity index is 733. The van der Waals surface area contributed by atoms with Crippen molar-refractivity contribution in [2.24, 2.45) is 12.8 Å². The lowest BCUT2D eigenvalue weighted by atomic mass is 10.1. The Morgan fingerprint density at radius 3 is 2.38 bits per heavy atom. The SMILES string of the molecule is COc1ccc2c(c1)c(CC(C)N)nn2C.O=C(O)C=CC(=O)O. The highest BCUT2D eigenvalue weighted by Crippen LogP contribution is 2.24. The summed E-state index contributed by atoms with van der Waals surface area (Å²) in [5.41, 5.74) is 7.96. The Balaban J connectivity index is 0.000000307. The average molecular weight is 335 g/mol. The Morgan fingerprint density at radius 1 is 1.33 bits per heavy atom. The van der Waals surface area contributed by atoms with E-state index in [2.05, 4.69) is 5.10 Å². The van der Waals surface area contributed by atoms with Crippen LogP contribution in [0.15, 0.2) is 30.4 Å². The number of carboxylic acids is 2. The fourth-order valence-corrected chi connectivity index (χ4v) is 2.04. The fourth-order valence-electron chi connectivity index (χ4n) is 2.04. The second-order valence-electron chi connectivity index (χ2n) is 5.14. The number of nitrogens with zero attached hydrogens (tertiary/aromatic N) is 2. The molecule has 0 spiro atoms. The van der Waals surface area contributed by atoms with Gasteiger partial charge in [-0.2, -0.15) is 5.10 Å². The third-order valence-electron chi connectivity index (χ3n) is 3.02. The molecule has 8 nitrogen and oxygen atoms in total. The molecule has 0 bridgehead atoms. The summed E-state index contributed by atoms with van der Waals surface area (Å²) in [6.07, 6.45) is 1.90. The van der Waals surface area contributed by atoms with Gasteiger partial charge in [-0.1, -0.05) is 0 Å². The number of methoxy groups -OCH3 is 1. The van der Waals surface area contributed by atoms with E-state index in [0.717, 1.165) is 28.8 Å². The molecule has 130 valence electrons. The fraction of sp³-hybridized carbons (Fsp3) is 0.312. The number of aromatic nitrogens is 2. The van der Waals surface area contributed by atoms with Gasteiger partial charge in [0.1, 0.15) is 5.75 Å². The molecule has 0 aliphatic rings. The van der Waals surface area contributed by atoms with Gasteiger partial charge in [0, 0.05) is 37.0 Å². The first-order chi connectivity index (χ1) is 11.2. The molecule has 0 aliphatic carbocycles. The quantitative estimate of drug-likeness (QED) is 0.700. The van der Waals surface area contributed by atoms with Crippen LogP contribution in [0.5, 0.6) is 5.75 Å². The van der Waals surface area contributed by atoms with E-state index in [1.54, 1.807) is 7.11 Å². The van der Waals surface area contributed by atoms with E-state index < -0.39 is 11.9 Å². The molecule has 0 saturated heterocycles. The second-order valence-corrected chi connectivity index (χ2v) is 5.14. The lowest BCUT2D eigenvalue weighted by molar-refractivity contribution is -0.134. The van der Waals surface area contributed by atoms with Crippen LogP contribution >= 0.6 is 0 Å². The van der Waals surface area contributed by atoms with Gasteiger partial charge in [-0.25, -0.2) is 9.59 Å². The maximum atomic E-state index is 9.55. The largest absolute Gasteiger partial charge is 0.497 e. The van der Waals surface area contributed by atoms with Crippen LogP contribution in [-0.2, 0) is 23.1 Å². The summed E-state index contributed by atoms with van der Waals surface area (Å²) in [6, 6.07) is 6.09. The number of fused-ring (bicyclic) bond motifs is 1. The molecule has 1 unspecified atom stereocenters. The van der Waals surface area contributed by atoms with Gasteiger partial charge in [0.2, 0.25) is 0 Å². The topological polar surface area (TPSA) is 128 Å². The summed E-state index contributed by atoms with van der Waals surface area (Å²) in [4.78, 5) is 19.1. The van der Waals surface area contributed by atoms with Crippen LogP contribution in [-0.4, -0.2) is 45.1 Å². The summed E-state index contributed by atoms with van der Waals surface area (Å²) in [5, 5.41) is 21.2.